The minimum Gasteiger partial charge on any atom is -0.363 e. The summed E-state index contributed by atoms with van der Waals surface area (Å²) in [5, 5.41) is 9.13. The van der Waals surface area contributed by atoms with Gasteiger partial charge in [-0.15, -0.1) is 0 Å². The van der Waals surface area contributed by atoms with Gasteiger partial charge in [-0.1, -0.05) is 5.16 Å². The van der Waals surface area contributed by atoms with Crippen molar-refractivity contribution in [3.8, 4) is 0 Å². The normalized spacial score (nSPS) is 15.6. The van der Waals surface area contributed by atoms with Gasteiger partial charge in [0, 0.05) is 26.2 Å². The lowest BCUT2D eigenvalue weighted by Gasteiger charge is -2.27. The monoisotopic (exact) mass is 238 g/mol. The van der Waals surface area contributed by atoms with E-state index in [1.807, 2.05) is 0 Å². The van der Waals surface area contributed by atoms with E-state index in [0.717, 1.165) is 13.1 Å². The summed E-state index contributed by atoms with van der Waals surface area (Å²) < 4.78 is 4.57. The van der Waals surface area contributed by atoms with Crippen molar-refractivity contribution in [3.63, 3.8) is 0 Å². The van der Waals surface area contributed by atoms with Gasteiger partial charge in [0.25, 0.3) is 0 Å². The van der Waals surface area contributed by atoms with Crippen LogP contribution in [0.4, 0.5) is 5.69 Å². The van der Waals surface area contributed by atoms with Crippen molar-refractivity contribution >= 4 is 17.5 Å². The maximum absolute atomic E-state index is 11.7. The number of hydrogen-bond donors (Lipinski definition) is 2. The van der Waals surface area contributed by atoms with Crippen LogP contribution in [0, 0.1) is 0 Å². The molecule has 92 valence electrons. The van der Waals surface area contributed by atoms with Gasteiger partial charge in [0.05, 0.1) is 6.20 Å². The Bertz CT molecular complexity index is 384. The van der Waals surface area contributed by atoms with Crippen molar-refractivity contribution in [3.05, 3.63) is 12.5 Å². The summed E-state index contributed by atoms with van der Waals surface area (Å²) in [4.78, 5) is 24.9. The second-order valence-electron chi connectivity index (χ2n) is 3.77. The fourth-order valence-corrected chi connectivity index (χ4v) is 1.64. The first-order valence-corrected chi connectivity index (χ1v) is 5.43. The molecule has 7 heteroatoms. The number of aromatic nitrogens is 1. The average molecular weight is 238 g/mol. The van der Waals surface area contributed by atoms with Crippen molar-refractivity contribution < 1.29 is 14.1 Å². The summed E-state index contributed by atoms with van der Waals surface area (Å²) in [6.07, 6.45) is 2.55. The van der Waals surface area contributed by atoms with Gasteiger partial charge in [0.2, 0.25) is 11.8 Å². The minimum absolute atomic E-state index is 0.148. The number of nitrogens with one attached hydrogen (secondary N) is 2. The number of carbonyl (C=O) groups is 2. The van der Waals surface area contributed by atoms with Gasteiger partial charge in [0.1, 0.15) is 18.4 Å². The molecular weight excluding hydrogens is 224 g/mol. The molecule has 0 saturated carbocycles. The van der Waals surface area contributed by atoms with E-state index in [4.69, 9.17) is 0 Å². The van der Waals surface area contributed by atoms with Crippen LogP contribution in [0.25, 0.3) is 0 Å². The first-order chi connectivity index (χ1) is 8.25. The molecule has 7 nitrogen and oxygen atoms in total. The second-order valence-corrected chi connectivity index (χ2v) is 3.77. The minimum atomic E-state index is -0.350. The van der Waals surface area contributed by atoms with Crippen molar-refractivity contribution in [2.75, 3.05) is 31.5 Å². The molecule has 2 N–H and O–H groups in total. The molecule has 0 aromatic carbocycles. The van der Waals surface area contributed by atoms with Gasteiger partial charge in [-0.3, -0.25) is 9.59 Å². The van der Waals surface area contributed by atoms with E-state index in [1.54, 1.807) is 4.90 Å². The fraction of sp³-hybridized carbons (Fsp3) is 0.500. The Kier molecular flexibility index (Phi) is 3.71. The molecule has 0 unspecified atom stereocenters. The van der Waals surface area contributed by atoms with Crippen LogP contribution in [0.5, 0.6) is 0 Å². The third-order valence-electron chi connectivity index (χ3n) is 2.50. The number of anilines is 1. The van der Waals surface area contributed by atoms with Crippen LogP contribution in [-0.4, -0.2) is 48.0 Å². The van der Waals surface area contributed by atoms with E-state index in [1.165, 1.54) is 12.5 Å². The van der Waals surface area contributed by atoms with E-state index in [-0.39, 0.29) is 18.2 Å². The van der Waals surface area contributed by atoms with Crippen molar-refractivity contribution in [1.29, 1.82) is 0 Å². The summed E-state index contributed by atoms with van der Waals surface area (Å²) in [5.41, 5.74) is 0.461. The van der Waals surface area contributed by atoms with E-state index in [0.29, 0.717) is 18.8 Å². The van der Waals surface area contributed by atoms with Crippen LogP contribution in [0.3, 0.4) is 0 Å². The molecule has 0 atom stereocenters. The van der Waals surface area contributed by atoms with E-state index >= 15 is 0 Å². The number of nitrogens with zero attached hydrogens (tertiary/aromatic N) is 2. The Morgan fingerprint density at radius 1 is 1.47 bits per heavy atom. The third kappa shape index (κ3) is 3.28. The van der Waals surface area contributed by atoms with Gasteiger partial charge in [-0.2, -0.15) is 0 Å². The Balaban J connectivity index is 1.79. The lowest BCUT2D eigenvalue weighted by Crippen LogP contribution is -2.47. The first kappa shape index (κ1) is 11.6. The molecule has 0 bridgehead atoms. The molecule has 1 aromatic rings. The van der Waals surface area contributed by atoms with Crippen molar-refractivity contribution in [2.24, 2.45) is 0 Å². The van der Waals surface area contributed by atoms with E-state index in [2.05, 4.69) is 20.3 Å². The largest absolute Gasteiger partial charge is 0.363 e. The van der Waals surface area contributed by atoms with E-state index in [9.17, 15) is 9.59 Å². The lowest BCUT2D eigenvalue weighted by atomic mass is 10.3. The Hall–Kier alpha value is -1.89. The van der Waals surface area contributed by atoms with Gasteiger partial charge in [-0.05, 0) is 0 Å². The smallest absolute Gasteiger partial charge is 0.233 e. The van der Waals surface area contributed by atoms with Crippen molar-refractivity contribution in [1.82, 2.24) is 15.4 Å². The third-order valence-corrected chi connectivity index (χ3v) is 2.50. The number of carbonyl (C=O) groups excluding carboxylic acids is 2. The van der Waals surface area contributed by atoms with Gasteiger partial charge < -0.3 is 20.1 Å². The highest BCUT2D eigenvalue weighted by atomic mass is 16.5. The molecule has 0 radical (unpaired) electrons. The Morgan fingerprint density at radius 2 is 2.24 bits per heavy atom. The zero-order chi connectivity index (χ0) is 12.1. The fourth-order valence-electron chi connectivity index (χ4n) is 1.64. The quantitative estimate of drug-likeness (QED) is 0.689. The van der Waals surface area contributed by atoms with Crippen LogP contribution in [0.15, 0.2) is 17.0 Å². The Labute approximate surface area is 98.1 Å². The molecule has 1 fully saturated rings. The van der Waals surface area contributed by atoms with Crippen LogP contribution < -0.4 is 10.6 Å². The number of rotatable bonds is 3. The van der Waals surface area contributed by atoms with E-state index < -0.39 is 0 Å². The molecule has 1 aromatic heterocycles. The zero-order valence-corrected chi connectivity index (χ0v) is 9.31. The summed E-state index contributed by atoms with van der Waals surface area (Å²) in [7, 11) is 0. The predicted octanol–water partition coefficient (Wildman–Crippen LogP) is -0.565. The molecule has 1 aliphatic heterocycles. The molecule has 2 rings (SSSR count). The lowest BCUT2D eigenvalue weighted by molar-refractivity contribution is -0.135. The number of piperazine rings is 1. The molecule has 1 aliphatic rings. The maximum atomic E-state index is 11.7. The van der Waals surface area contributed by atoms with Crippen LogP contribution in [0.2, 0.25) is 0 Å². The van der Waals surface area contributed by atoms with Crippen LogP contribution in [-0.2, 0) is 9.59 Å². The van der Waals surface area contributed by atoms with Crippen LogP contribution >= 0.6 is 0 Å². The number of amides is 2. The highest BCUT2D eigenvalue weighted by Gasteiger charge is 2.19. The molecule has 1 saturated heterocycles. The molecule has 0 spiro atoms. The highest BCUT2D eigenvalue weighted by Crippen LogP contribution is 2.05. The molecule has 2 heterocycles. The SMILES string of the molecule is O=C(CC(=O)N1CCNCC1)Nc1cnoc1. The van der Waals surface area contributed by atoms with Gasteiger partial charge in [0.15, 0.2) is 0 Å². The summed E-state index contributed by atoms with van der Waals surface area (Å²) >= 11 is 0. The highest BCUT2D eigenvalue weighted by molar-refractivity contribution is 6.03. The standard InChI is InChI=1S/C10H14N4O3/c15-9(13-8-6-12-17-7-8)5-10(16)14-3-1-11-2-4-14/h6-7,11H,1-5H2,(H,13,15). The predicted molar refractivity (Wildman–Crippen MR) is 59.2 cm³/mol. The Morgan fingerprint density at radius 3 is 2.88 bits per heavy atom. The van der Waals surface area contributed by atoms with Crippen LogP contribution in [0.1, 0.15) is 6.42 Å². The number of hydrogen-bond acceptors (Lipinski definition) is 5. The maximum Gasteiger partial charge on any atom is 0.233 e. The molecule has 0 aliphatic carbocycles. The molecule has 17 heavy (non-hydrogen) atoms. The van der Waals surface area contributed by atoms with Gasteiger partial charge >= 0.3 is 0 Å². The summed E-state index contributed by atoms with van der Waals surface area (Å²) in [5.74, 6) is -0.503. The summed E-state index contributed by atoms with van der Waals surface area (Å²) in [6, 6.07) is 0. The second kappa shape index (κ2) is 5.44. The van der Waals surface area contributed by atoms with Crippen molar-refractivity contribution in [2.45, 2.75) is 6.42 Å². The summed E-state index contributed by atoms with van der Waals surface area (Å²) in [6.45, 7) is 2.86. The topological polar surface area (TPSA) is 87.5 Å². The zero-order valence-electron chi connectivity index (χ0n) is 9.31. The average Bonchev–Trinajstić information content (AvgIpc) is 2.82. The van der Waals surface area contributed by atoms with Gasteiger partial charge in [-0.25, -0.2) is 0 Å². The molecule has 2 amide bonds. The first-order valence-electron chi connectivity index (χ1n) is 5.43. The molecular formula is C10H14N4O3.